The van der Waals surface area contributed by atoms with Crippen LogP contribution in [-0.2, 0) is 19.6 Å². The minimum absolute atomic E-state index is 0.102. The Hall–Kier alpha value is -1.45. The molecule has 0 aliphatic heterocycles. The Balaban J connectivity index is 3.00. The quantitative estimate of drug-likeness (QED) is 0.657. The van der Waals surface area contributed by atoms with Crippen LogP contribution in [0.1, 0.15) is 18.4 Å². The van der Waals surface area contributed by atoms with Crippen molar-refractivity contribution in [1.82, 2.24) is 4.72 Å². The van der Waals surface area contributed by atoms with Gasteiger partial charge in [0.15, 0.2) is 0 Å². The Morgan fingerprint density at radius 1 is 1.33 bits per heavy atom. The summed E-state index contributed by atoms with van der Waals surface area (Å²) in [6.45, 7) is 1.78. The molecule has 116 valence electrons. The van der Waals surface area contributed by atoms with Crippen LogP contribution < -0.4 is 4.72 Å². The highest BCUT2D eigenvalue weighted by molar-refractivity contribution is 9.10. The van der Waals surface area contributed by atoms with Gasteiger partial charge in [-0.05, 0) is 47.0 Å². The van der Waals surface area contributed by atoms with Crippen molar-refractivity contribution in [1.29, 1.82) is 0 Å². The van der Waals surface area contributed by atoms with Gasteiger partial charge in [0.05, 0.1) is 4.90 Å². The largest absolute Gasteiger partial charge is 0.481 e. The molecule has 21 heavy (non-hydrogen) atoms. The number of hydrogen-bond acceptors (Lipinski definition) is 4. The van der Waals surface area contributed by atoms with Crippen molar-refractivity contribution in [3.05, 3.63) is 28.2 Å². The van der Waals surface area contributed by atoms with Gasteiger partial charge in [-0.1, -0.05) is 6.07 Å². The lowest BCUT2D eigenvalue weighted by Gasteiger charge is -2.15. The van der Waals surface area contributed by atoms with E-state index in [2.05, 4.69) is 15.9 Å². The normalized spacial score (nSPS) is 12.9. The van der Waals surface area contributed by atoms with E-state index < -0.39 is 34.4 Å². The van der Waals surface area contributed by atoms with Gasteiger partial charge >= 0.3 is 11.9 Å². The maximum absolute atomic E-state index is 12.2. The summed E-state index contributed by atoms with van der Waals surface area (Å²) in [7, 11) is -4.07. The van der Waals surface area contributed by atoms with Gasteiger partial charge in [-0.15, -0.1) is 0 Å². The second-order valence-electron chi connectivity index (χ2n) is 4.38. The first-order chi connectivity index (χ1) is 9.63. The fourth-order valence-corrected chi connectivity index (χ4v) is 3.99. The highest BCUT2D eigenvalue weighted by Crippen LogP contribution is 2.23. The Labute approximate surface area is 130 Å². The molecule has 0 saturated heterocycles. The monoisotopic (exact) mass is 379 g/mol. The molecule has 0 aliphatic rings. The summed E-state index contributed by atoms with van der Waals surface area (Å²) < 4.78 is 26.7. The summed E-state index contributed by atoms with van der Waals surface area (Å²) >= 11 is 3.11. The van der Waals surface area contributed by atoms with Crippen molar-refractivity contribution in [2.75, 3.05) is 0 Å². The predicted molar refractivity (Wildman–Crippen MR) is 77.5 cm³/mol. The van der Waals surface area contributed by atoms with E-state index in [1.165, 1.54) is 6.07 Å². The zero-order valence-corrected chi connectivity index (χ0v) is 13.4. The molecule has 0 saturated carbocycles. The van der Waals surface area contributed by atoms with Crippen molar-refractivity contribution in [3.63, 3.8) is 0 Å². The number of benzene rings is 1. The van der Waals surface area contributed by atoms with E-state index in [4.69, 9.17) is 10.2 Å². The Morgan fingerprint density at radius 2 is 1.95 bits per heavy atom. The van der Waals surface area contributed by atoms with Crippen molar-refractivity contribution < 1.29 is 28.2 Å². The fraction of sp³-hybridized carbons (Fsp3) is 0.333. The first-order valence-corrected chi connectivity index (χ1v) is 8.14. The summed E-state index contributed by atoms with van der Waals surface area (Å²) in [5.74, 6) is -2.62. The smallest absolute Gasteiger partial charge is 0.321 e. The molecule has 0 spiro atoms. The summed E-state index contributed by atoms with van der Waals surface area (Å²) in [5, 5.41) is 17.5. The SMILES string of the molecule is Cc1ccc(S(=O)(=O)NC(CCC(=O)O)C(=O)O)c(Br)c1. The first kappa shape index (κ1) is 17.6. The summed E-state index contributed by atoms with van der Waals surface area (Å²) in [5.41, 5.74) is 0.835. The molecule has 9 heteroatoms. The first-order valence-electron chi connectivity index (χ1n) is 5.86. The molecular formula is C12H14BrNO6S. The number of aryl methyl sites for hydroxylation is 1. The molecule has 3 N–H and O–H groups in total. The predicted octanol–water partition coefficient (Wildman–Crippen LogP) is 1.35. The number of sulfonamides is 1. The van der Waals surface area contributed by atoms with Gasteiger partial charge in [0.1, 0.15) is 6.04 Å². The van der Waals surface area contributed by atoms with Crippen LogP contribution in [0.3, 0.4) is 0 Å². The lowest BCUT2D eigenvalue weighted by molar-refractivity contribution is -0.140. The van der Waals surface area contributed by atoms with Crippen LogP contribution in [0.25, 0.3) is 0 Å². The Kier molecular flexibility index (Phi) is 5.87. The van der Waals surface area contributed by atoms with Crippen LogP contribution in [0.4, 0.5) is 0 Å². The van der Waals surface area contributed by atoms with Crippen molar-refractivity contribution in [3.8, 4) is 0 Å². The van der Waals surface area contributed by atoms with E-state index in [0.29, 0.717) is 4.47 Å². The summed E-state index contributed by atoms with van der Waals surface area (Å²) in [4.78, 5) is 21.4. The van der Waals surface area contributed by atoms with Gasteiger partial charge in [0.2, 0.25) is 10.0 Å². The molecule has 0 amide bonds. The van der Waals surface area contributed by atoms with Crippen LogP contribution in [0, 0.1) is 6.92 Å². The number of carbonyl (C=O) groups is 2. The Morgan fingerprint density at radius 3 is 2.43 bits per heavy atom. The van der Waals surface area contributed by atoms with Gasteiger partial charge < -0.3 is 10.2 Å². The summed E-state index contributed by atoms with van der Waals surface area (Å²) in [6, 6.07) is 3.01. The minimum Gasteiger partial charge on any atom is -0.481 e. The van der Waals surface area contributed by atoms with Crippen LogP contribution in [0.2, 0.25) is 0 Å². The average Bonchev–Trinajstić information content (AvgIpc) is 2.33. The van der Waals surface area contributed by atoms with Gasteiger partial charge in [-0.2, -0.15) is 4.72 Å². The number of carboxylic acid groups (broad SMARTS) is 2. The number of rotatable bonds is 7. The van der Waals surface area contributed by atoms with E-state index >= 15 is 0 Å². The van der Waals surface area contributed by atoms with Crippen LogP contribution in [0.15, 0.2) is 27.6 Å². The van der Waals surface area contributed by atoms with E-state index in [9.17, 15) is 18.0 Å². The fourth-order valence-electron chi connectivity index (χ4n) is 1.58. The third-order valence-electron chi connectivity index (χ3n) is 2.62. The third-order valence-corrected chi connectivity index (χ3v) is 5.07. The van der Waals surface area contributed by atoms with E-state index in [-0.39, 0.29) is 11.3 Å². The maximum Gasteiger partial charge on any atom is 0.321 e. The third kappa shape index (κ3) is 5.10. The average molecular weight is 380 g/mol. The molecule has 0 aromatic heterocycles. The standard InChI is InChI=1S/C12H14BrNO6S/c1-7-2-4-10(8(13)6-7)21(19,20)14-9(12(17)18)3-5-11(15)16/h2,4,6,9,14H,3,5H2,1H3,(H,15,16)(H,17,18). The van der Waals surface area contributed by atoms with Gasteiger partial charge in [0.25, 0.3) is 0 Å². The van der Waals surface area contributed by atoms with E-state index in [0.717, 1.165) is 5.56 Å². The highest BCUT2D eigenvalue weighted by atomic mass is 79.9. The van der Waals surface area contributed by atoms with Gasteiger partial charge in [0, 0.05) is 10.9 Å². The molecule has 0 radical (unpaired) electrons. The molecular weight excluding hydrogens is 366 g/mol. The second-order valence-corrected chi connectivity index (χ2v) is 6.92. The van der Waals surface area contributed by atoms with Crippen LogP contribution in [-0.4, -0.2) is 36.6 Å². The molecule has 0 bridgehead atoms. The molecule has 1 aromatic carbocycles. The highest BCUT2D eigenvalue weighted by Gasteiger charge is 2.27. The zero-order valence-electron chi connectivity index (χ0n) is 11.0. The second kappa shape index (κ2) is 7.01. The molecule has 0 aliphatic carbocycles. The van der Waals surface area contributed by atoms with Gasteiger partial charge in [-0.3, -0.25) is 9.59 Å². The lowest BCUT2D eigenvalue weighted by atomic mass is 10.2. The minimum atomic E-state index is -4.07. The van der Waals surface area contributed by atoms with Crippen LogP contribution >= 0.6 is 15.9 Å². The molecule has 1 rings (SSSR count). The summed E-state index contributed by atoms with van der Waals surface area (Å²) in [6.07, 6.45) is -0.790. The van der Waals surface area contributed by atoms with Crippen molar-refractivity contribution in [2.45, 2.75) is 30.7 Å². The number of carboxylic acids is 2. The molecule has 1 aromatic rings. The van der Waals surface area contributed by atoms with E-state index in [1.807, 2.05) is 4.72 Å². The number of hydrogen-bond donors (Lipinski definition) is 3. The van der Waals surface area contributed by atoms with E-state index in [1.54, 1.807) is 19.1 Å². The molecule has 7 nitrogen and oxygen atoms in total. The van der Waals surface area contributed by atoms with Gasteiger partial charge in [-0.25, -0.2) is 8.42 Å². The van der Waals surface area contributed by atoms with Crippen LogP contribution in [0.5, 0.6) is 0 Å². The molecule has 0 heterocycles. The topological polar surface area (TPSA) is 121 Å². The maximum atomic E-state index is 12.2. The molecule has 0 fully saturated rings. The Bertz CT molecular complexity index is 658. The number of aliphatic carboxylic acids is 2. The van der Waals surface area contributed by atoms with Crippen molar-refractivity contribution in [2.24, 2.45) is 0 Å². The molecule has 1 atom stereocenters. The number of halogens is 1. The zero-order chi connectivity index (χ0) is 16.2. The van der Waals surface area contributed by atoms with Crippen molar-refractivity contribution >= 4 is 37.9 Å². The molecule has 1 unspecified atom stereocenters. The number of nitrogens with one attached hydrogen (secondary N) is 1. The lowest BCUT2D eigenvalue weighted by Crippen LogP contribution is -2.41.